The summed E-state index contributed by atoms with van der Waals surface area (Å²) in [6, 6.07) is 5.89. The lowest BCUT2D eigenvalue weighted by Gasteiger charge is -2.40. The number of nitrogens with zero attached hydrogens (tertiary/aromatic N) is 1. The van der Waals surface area contributed by atoms with E-state index in [9.17, 15) is 4.79 Å². The number of nitrogens with two attached hydrogens (primary N) is 1. The predicted molar refractivity (Wildman–Crippen MR) is 107 cm³/mol. The summed E-state index contributed by atoms with van der Waals surface area (Å²) >= 11 is 0. The molecule has 0 aliphatic carbocycles. The van der Waals surface area contributed by atoms with Gasteiger partial charge in [0, 0.05) is 24.7 Å². The molecule has 0 unspecified atom stereocenters. The van der Waals surface area contributed by atoms with E-state index in [-0.39, 0.29) is 23.2 Å². The first-order chi connectivity index (χ1) is 12.3. The zero-order valence-electron chi connectivity index (χ0n) is 17.5. The summed E-state index contributed by atoms with van der Waals surface area (Å²) in [6.07, 6.45) is -0.278. The van der Waals surface area contributed by atoms with Gasteiger partial charge in [-0.25, -0.2) is 4.79 Å². The molecule has 6 nitrogen and oxygen atoms in total. The average Bonchev–Trinajstić information content (AvgIpc) is 2.65. The molecular weight excluding hydrogens is 343 g/mol. The minimum Gasteiger partial charge on any atom is -0.444 e. The van der Waals surface area contributed by atoms with Crippen molar-refractivity contribution in [1.82, 2.24) is 4.90 Å². The Labute approximate surface area is 162 Å². The molecule has 0 saturated carbocycles. The molecule has 0 spiro atoms. The summed E-state index contributed by atoms with van der Waals surface area (Å²) in [4.78, 5) is 13.9. The van der Waals surface area contributed by atoms with E-state index >= 15 is 0 Å². The summed E-state index contributed by atoms with van der Waals surface area (Å²) in [5, 5.41) is 0. The second-order valence-electron chi connectivity index (χ2n) is 9.56. The topological polar surface area (TPSA) is 74.0 Å². The number of amides is 1. The van der Waals surface area contributed by atoms with Crippen LogP contribution in [0, 0.1) is 0 Å². The Balaban J connectivity index is 1.70. The summed E-state index contributed by atoms with van der Waals surface area (Å²) < 4.78 is 17.7. The van der Waals surface area contributed by atoms with E-state index in [0.717, 1.165) is 16.7 Å². The van der Waals surface area contributed by atoms with E-state index in [1.165, 1.54) is 0 Å². The van der Waals surface area contributed by atoms with Crippen molar-refractivity contribution in [3.05, 3.63) is 23.8 Å². The molecule has 3 rings (SSSR count). The summed E-state index contributed by atoms with van der Waals surface area (Å²) in [6.45, 7) is 15.0. The van der Waals surface area contributed by atoms with Crippen LogP contribution in [0.3, 0.4) is 0 Å². The van der Waals surface area contributed by atoms with Crippen LogP contribution in [-0.4, -0.2) is 48.0 Å². The van der Waals surface area contributed by atoms with E-state index in [0.29, 0.717) is 13.1 Å². The number of anilines is 1. The molecule has 7 heteroatoms. The number of likely N-dealkylation sites (tertiary alicyclic amines) is 1. The highest BCUT2D eigenvalue weighted by molar-refractivity contribution is 6.62. The van der Waals surface area contributed by atoms with Gasteiger partial charge in [0.1, 0.15) is 5.60 Å². The maximum atomic E-state index is 12.2. The Morgan fingerprint density at radius 2 is 1.74 bits per heavy atom. The Bertz CT molecular complexity index is 720. The highest BCUT2D eigenvalue weighted by atomic mass is 16.7. The van der Waals surface area contributed by atoms with Crippen LogP contribution in [0.2, 0.25) is 0 Å². The van der Waals surface area contributed by atoms with E-state index in [1.807, 2.05) is 60.6 Å². The number of benzene rings is 1. The molecule has 2 saturated heterocycles. The van der Waals surface area contributed by atoms with Gasteiger partial charge in [0.25, 0.3) is 0 Å². The first kappa shape index (κ1) is 20.0. The normalized spacial score (nSPS) is 21.9. The van der Waals surface area contributed by atoms with Crippen molar-refractivity contribution in [2.24, 2.45) is 0 Å². The van der Waals surface area contributed by atoms with Gasteiger partial charge in [0.05, 0.1) is 11.2 Å². The Morgan fingerprint density at radius 3 is 2.26 bits per heavy atom. The molecule has 2 aliphatic rings. The van der Waals surface area contributed by atoms with Gasteiger partial charge >= 0.3 is 13.2 Å². The van der Waals surface area contributed by atoms with Crippen molar-refractivity contribution in [3.8, 4) is 0 Å². The van der Waals surface area contributed by atoms with Crippen molar-refractivity contribution < 1.29 is 18.8 Å². The molecule has 148 valence electrons. The molecule has 27 heavy (non-hydrogen) atoms. The Morgan fingerprint density at radius 1 is 1.19 bits per heavy atom. The van der Waals surface area contributed by atoms with Gasteiger partial charge in [0.2, 0.25) is 0 Å². The molecule has 2 fully saturated rings. The van der Waals surface area contributed by atoms with Gasteiger partial charge in [-0.1, -0.05) is 12.1 Å². The molecule has 0 bridgehead atoms. The van der Waals surface area contributed by atoms with Crippen LogP contribution >= 0.6 is 0 Å². The Kier molecular flexibility index (Phi) is 4.76. The standard InChI is InChI=1S/C20H31BN2O4/c1-18(2,3)25-17(24)23-11-13(12-23)15-10-14(8-9-16(15)22)21-26-19(4,5)20(6,7)27-21/h8-10,13H,11-12,22H2,1-7H3. The van der Waals surface area contributed by atoms with Crippen LogP contribution in [0.5, 0.6) is 0 Å². The zero-order chi connectivity index (χ0) is 20.2. The summed E-state index contributed by atoms with van der Waals surface area (Å²) in [5.41, 5.74) is 7.66. The fraction of sp³-hybridized carbons (Fsp3) is 0.650. The number of hydrogen-bond donors (Lipinski definition) is 1. The van der Waals surface area contributed by atoms with Gasteiger partial charge in [-0.05, 0) is 65.6 Å². The van der Waals surface area contributed by atoms with Gasteiger partial charge in [0.15, 0.2) is 0 Å². The van der Waals surface area contributed by atoms with Crippen LogP contribution in [0.25, 0.3) is 0 Å². The molecule has 0 radical (unpaired) electrons. The van der Waals surface area contributed by atoms with Crippen LogP contribution in [0.4, 0.5) is 10.5 Å². The van der Waals surface area contributed by atoms with Gasteiger partial charge in [-0.3, -0.25) is 0 Å². The number of carbonyl (C=O) groups excluding carboxylic acids is 1. The van der Waals surface area contributed by atoms with E-state index in [1.54, 1.807) is 4.90 Å². The third-order valence-electron chi connectivity index (χ3n) is 5.61. The fourth-order valence-corrected chi connectivity index (χ4v) is 3.22. The number of hydrogen-bond acceptors (Lipinski definition) is 5. The fourth-order valence-electron chi connectivity index (χ4n) is 3.22. The molecular formula is C20H31BN2O4. The van der Waals surface area contributed by atoms with Crippen LogP contribution < -0.4 is 11.2 Å². The SMILES string of the molecule is CC(C)(C)OC(=O)N1CC(c2cc(B3OC(C)(C)C(C)(C)O3)ccc2N)C1. The number of nitrogen functional groups attached to an aromatic ring is 1. The second kappa shape index (κ2) is 6.42. The monoisotopic (exact) mass is 374 g/mol. The molecule has 2 heterocycles. The van der Waals surface area contributed by atoms with Crippen molar-refractivity contribution in [2.75, 3.05) is 18.8 Å². The van der Waals surface area contributed by atoms with E-state index in [2.05, 4.69) is 6.07 Å². The first-order valence-electron chi connectivity index (χ1n) is 9.52. The largest absolute Gasteiger partial charge is 0.494 e. The van der Waals surface area contributed by atoms with Crippen molar-refractivity contribution in [3.63, 3.8) is 0 Å². The maximum Gasteiger partial charge on any atom is 0.494 e. The highest BCUT2D eigenvalue weighted by Gasteiger charge is 2.52. The van der Waals surface area contributed by atoms with Gasteiger partial charge in [-0.15, -0.1) is 0 Å². The number of ether oxygens (including phenoxy) is 1. The molecule has 0 atom stereocenters. The van der Waals surface area contributed by atoms with Crippen molar-refractivity contribution in [2.45, 2.75) is 71.2 Å². The van der Waals surface area contributed by atoms with E-state index < -0.39 is 12.7 Å². The highest BCUT2D eigenvalue weighted by Crippen LogP contribution is 2.37. The number of carbonyl (C=O) groups is 1. The van der Waals surface area contributed by atoms with Crippen LogP contribution in [0.1, 0.15) is 59.9 Å². The maximum absolute atomic E-state index is 12.2. The third-order valence-corrected chi connectivity index (χ3v) is 5.61. The van der Waals surface area contributed by atoms with Crippen LogP contribution in [0.15, 0.2) is 18.2 Å². The van der Waals surface area contributed by atoms with Crippen molar-refractivity contribution >= 4 is 24.4 Å². The lowest BCUT2D eigenvalue weighted by Crippen LogP contribution is -2.50. The average molecular weight is 374 g/mol. The van der Waals surface area contributed by atoms with Crippen molar-refractivity contribution in [1.29, 1.82) is 0 Å². The minimum absolute atomic E-state index is 0.194. The van der Waals surface area contributed by atoms with Crippen LogP contribution in [-0.2, 0) is 14.0 Å². The lowest BCUT2D eigenvalue weighted by atomic mass is 9.76. The molecule has 2 N–H and O–H groups in total. The quantitative estimate of drug-likeness (QED) is 0.637. The molecule has 1 amide bonds. The first-order valence-corrected chi connectivity index (χ1v) is 9.52. The summed E-state index contributed by atoms with van der Waals surface area (Å²) in [5.74, 6) is 0.194. The molecule has 0 aromatic heterocycles. The molecule has 2 aliphatic heterocycles. The third kappa shape index (κ3) is 3.94. The zero-order valence-corrected chi connectivity index (χ0v) is 17.5. The van der Waals surface area contributed by atoms with Gasteiger partial charge in [-0.2, -0.15) is 0 Å². The molecule has 1 aromatic carbocycles. The smallest absolute Gasteiger partial charge is 0.444 e. The predicted octanol–water partition coefficient (Wildman–Crippen LogP) is 2.90. The minimum atomic E-state index is -0.488. The van der Waals surface area contributed by atoms with E-state index in [4.69, 9.17) is 19.8 Å². The molecule has 1 aromatic rings. The lowest BCUT2D eigenvalue weighted by molar-refractivity contribution is 0.00578. The summed E-state index contributed by atoms with van der Waals surface area (Å²) in [7, 11) is -0.420. The second-order valence-corrected chi connectivity index (χ2v) is 9.56. The van der Waals surface area contributed by atoms with Gasteiger partial charge < -0.3 is 24.7 Å². The Hall–Kier alpha value is -1.73. The number of rotatable bonds is 2.